The van der Waals surface area contributed by atoms with Gasteiger partial charge < -0.3 is 15.0 Å². The molecule has 0 aromatic carbocycles. The third-order valence-corrected chi connectivity index (χ3v) is 4.48. The first-order valence-corrected chi connectivity index (χ1v) is 8.42. The van der Waals surface area contributed by atoms with E-state index in [-0.39, 0.29) is 0 Å². The number of carbonyl (C=O) groups is 1. The van der Waals surface area contributed by atoms with E-state index in [4.69, 9.17) is 4.74 Å². The number of morpholine rings is 1. The number of carbonyl (C=O) groups excluding carboxylic acids is 1. The number of rotatable bonds is 6. The Morgan fingerprint density at radius 1 is 1.29 bits per heavy atom. The highest BCUT2D eigenvalue weighted by Gasteiger charge is 2.31. The van der Waals surface area contributed by atoms with Crippen LogP contribution < -0.4 is 5.32 Å². The van der Waals surface area contributed by atoms with Crippen molar-refractivity contribution in [3.63, 3.8) is 0 Å². The van der Waals surface area contributed by atoms with Crippen LogP contribution in [-0.2, 0) is 9.53 Å². The quantitative estimate of drug-likeness (QED) is 0.745. The molecule has 5 heteroatoms. The molecule has 2 rings (SSSR count). The molecule has 2 aliphatic rings. The summed E-state index contributed by atoms with van der Waals surface area (Å²) in [6.07, 6.45) is 4.51. The van der Waals surface area contributed by atoms with Crippen LogP contribution in [-0.4, -0.2) is 73.7 Å². The third kappa shape index (κ3) is 4.94. The Hall–Kier alpha value is -0.650. The molecule has 0 aromatic heterocycles. The van der Waals surface area contributed by atoms with Gasteiger partial charge >= 0.3 is 0 Å². The van der Waals surface area contributed by atoms with Crippen LogP contribution in [0.25, 0.3) is 0 Å². The average Bonchev–Trinajstić information content (AvgIpc) is 2.86. The Morgan fingerprint density at radius 3 is 2.67 bits per heavy atom. The van der Waals surface area contributed by atoms with Gasteiger partial charge in [0.25, 0.3) is 0 Å². The zero-order chi connectivity index (χ0) is 15.2. The summed E-state index contributed by atoms with van der Waals surface area (Å²) >= 11 is 0. The van der Waals surface area contributed by atoms with Crippen LogP contribution in [0.3, 0.4) is 0 Å². The smallest absolute Gasteiger partial charge is 0.222 e. The molecule has 21 heavy (non-hydrogen) atoms. The Balaban J connectivity index is 1.82. The second-order valence-corrected chi connectivity index (χ2v) is 6.57. The fraction of sp³-hybridized carbons (Fsp3) is 0.938. The molecule has 2 fully saturated rings. The number of hydrogen-bond acceptors (Lipinski definition) is 4. The summed E-state index contributed by atoms with van der Waals surface area (Å²) in [4.78, 5) is 17.0. The van der Waals surface area contributed by atoms with Crippen molar-refractivity contribution in [1.82, 2.24) is 15.1 Å². The fourth-order valence-corrected chi connectivity index (χ4v) is 3.65. The van der Waals surface area contributed by atoms with Gasteiger partial charge in [-0.3, -0.25) is 9.69 Å². The molecule has 1 amide bonds. The highest BCUT2D eigenvalue weighted by atomic mass is 16.5. The molecule has 2 aliphatic heterocycles. The molecule has 0 aliphatic carbocycles. The Labute approximate surface area is 129 Å². The van der Waals surface area contributed by atoms with Gasteiger partial charge in [0, 0.05) is 38.6 Å². The normalized spacial score (nSPS) is 30.8. The molecule has 5 nitrogen and oxygen atoms in total. The van der Waals surface area contributed by atoms with Crippen LogP contribution >= 0.6 is 0 Å². The summed E-state index contributed by atoms with van der Waals surface area (Å²) in [6, 6.07) is 0.407. The zero-order valence-corrected chi connectivity index (χ0v) is 13.8. The van der Waals surface area contributed by atoms with E-state index in [2.05, 4.69) is 29.0 Å². The van der Waals surface area contributed by atoms with E-state index >= 15 is 0 Å². The highest BCUT2D eigenvalue weighted by Crippen LogP contribution is 2.21. The molecule has 2 heterocycles. The first kappa shape index (κ1) is 16.7. The lowest BCUT2D eigenvalue weighted by atomic mass is 10.1. The second-order valence-electron chi connectivity index (χ2n) is 6.57. The third-order valence-electron chi connectivity index (χ3n) is 4.48. The number of nitrogens with one attached hydrogen (secondary N) is 1. The lowest BCUT2D eigenvalue weighted by molar-refractivity contribution is -0.133. The monoisotopic (exact) mass is 297 g/mol. The number of nitrogens with zero attached hydrogens (tertiary/aromatic N) is 2. The Kier molecular flexibility index (Phi) is 6.45. The number of hydrogen-bond donors (Lipinski definition) is 1. The van der Waals surface area contributed by atoms with Crippen molar-refractivity contribution in [1.29, 1.82) is 0 Å². The Morgan fingerprint density at radius 2 is 2.00 bits per heavy atom. The van der Waals surface area contributed by atoms with Gasteiger partial charge in [-0.15, -0.1) is 0 Å². The van der Waals surface area contributed by atoms with Crippen molar-refractivity contribution in [2.24, 2.45) is 0 Å². The van der Waals surface area contributed by atoms with Gasteiger partial charge in [-0.05, 0) is 46.7 Å². The fourth-order valence-electron chi connectivity index (χ4n) is 3.65. The first-order chi connectivity index (χ1) is 10.1. The number of amides is 1. The highest BCUT2D eigenvalue weighted by molar-refractivity contribution is 5.76. The molecular formula is C16H31N3O2. The average molecular weight is 297 g/mol. The molecule has 0 spiro atoms. The van der Waals surface area contributed by atoms with Crippen LogP contribution in [0.1, 0.15) is 39.5 Å². The molecule has 0 bridgehead atoms. The van der Waals surface area contributed by atoms with Gasteiger partial charge in [0.15, 0.2) is 0 Å². The summed E-state index contributed by atoms with van der Waals surface area (Å²) in [5.74, 6) is 0.335. The SMILES string of the molecule is CNCCCC(=O)N1CCC[C@H]1CN1C[C@@H](C)O[C@@H](C)C1. The topological polar surface area (TPSA) is 44.8 Å². The standard InChI is InChI=1S/C16H31N3O2/c1-13-10-18(11-14(2)21-13)12-15-6-5-9-19(15)16(20)7-4-8-17-3/h13-15,17H,4-12H2,1-3H3/t13-,14+,15-/m0/s1. The van der Waals surface area contributed by atoms with Crippen molar-refractivity contribution < 1.29 is 9.53 Å². The molecule has 122 valence electrons. The van der Waals surface area contributed by atoms with E-state index in [1.165, 1.54) is 0 Å². The minimum absolute atomic E-state index is 0.301. The summed E-state index contributed by atoms with van der Waals surface area (Å²) in [5.41, 5.74) is 0. The van der Waals surface area contributed by atoms with Crippen LogP contribution in [0.4, 0.5) is 0 Å². The molecule has 0 unspecified atom stereocenters. The van der Waals surface area contributed by atoms with Gasteiger partial charge in [-0.2, -0.15) is 0 Å². The maximum absolute atomic E-state index is 12.4. The number of likely N-dealkylation sites (tertiary alicyclic amines) is 1. The van der Waals surface area contributed by atoms with Crippen LogP contribution in [0.5, 0.6) is 0 Å². The van der Waals surface area contributed by atoms with Gasteiger partial charge in [0.1, 0.15) is 0 Å². The van der Waals surface area contributed by atoms with Crippen molar-refractivity contribution >= 4 is 5.91 Å². The zero-order valence-electron chi connectivity index (χ0n) is 13.8. The predicted octanol–water partition coefficient (Wildman–Crippen LogP) is 1.09. The molecule has 0 aromatic rings. The predicted molar refractivity (Wildman–Crippen MR) is 84.3 cm³/mol. The molecular weight excluding hydrogens is 266 g/mol. The van der Waals surface area contributed by atoms with E-state index in [1.54, 1.807) is 0 Å². The molecule has 0 radical (unpaired) electrons. The minimum Gasteiger partial charge on any atom is -0.373 e. The van der Waals surface area contributed by atoms with Gasteiger partial charge in [0.05, 0.1) is 12.2 Å². The van der Waals surface area contributed by atoms with E-state index < -0.39 is 0 Å². The lowest BCUT2D eigenvalue weighted by Gasteiger charge is -2.38. The van der Waals surface area contributed by atoms with Crippen LogP contribution in [0.15, 0.2) is 0 Å². The first-order valence-electron chi connectivity index (χ1n) is 8.42. The van der Waals surface area contributed by atoms with Crippen molar-refractivity contribution in [3.8, 4) is 0 Å². The van der Waals surface area contributed by atoms with Gasteiger partial charge in [0.2, 0.25) is 5.91 Å². The summed E-state index contributed by atoms with van der Waals surface area (Å²) in [5, 5.41) is 3.11. The van der Waals surface area contributed by atoms with E-state index in [9.17, 15) is 4.79 Å². The van der Waals surface area contributed by atoms with Crippen LogP contribution in [0, 0.1) is 0 Å². The molecule has 3 atom stereocenters. The molecule has 2 saturated heterocycles. The number of ether oxygens (including phenoxy) is 1. The Bertz CT molecular complexity index is 327. The van der Waals surface area contributed by atoms with Gasteiger partial charge in [-0.1, -0.05) is 0 Å². The van der Waals surface area contributed by atoms with E-state index in [1.807, 2.05) is 7.05 Å². The van der Waals surface area contributed by atoms with Crippen molar-refractivity contribution in [3.05, 3.63) is 0 Å². The van der Waals surface area contributed by atoms with Gasteiger partial charge in [-0.25, -0.2) is 0 Å². The largest absolute Gasteiger partial charge is 0.373 e. The molecule has 1 N–H and O–H groups in total. The van der Waals surface area contributed by atoms with Crippen molar-refractivity contribution in [2.75, 3.05) is 39.8 Å². The maximum atomic E-state index is 12.4. The minimum atomic E-state index is 0.301. The van der Waals surface area contributed by atoms with E-state index in [0.717, 1.165) is 52.0 Å². The lowest BCUT2D eigenvalue weighted by Crippen LogP contribution is -2.50. The maximum Gasteiger partial charge on any atom is 0.222 e. The second kappa shape index (κ2) is 8.11. The molecule has 0 saturated carbocycles. The van der Waals surface area contributed by atoms with Crippen molar-refractivity contribution in [2.45, 2.75) is 57.8 Å². The van der Waals surface area contributed by atoms with Crippen LogP contribution in [0.2, 0.25) is 0 Å². The summed E-state index contributed by atoms with van der Waals surface area (Å²) in [6.45, 7) is 9.12. The van der Waals surface area contributed by atoms with E-state index in [0.29, 0.717) is 30.6 Å². The summed E-state index contributed by atoms with van der Waals surface area (Å²) < 4.78 is 5.79. The summed E-state index contributed by atoms with van der Waals surface area (Å²) in [7, 11) is 1.93.